The van der Waals surface area contributed by atoms with Gasteiger partial charge in [-0.1, -0.05) is 0 Å². The number of hydrogen-bond acceptors (Lipinski definition) is 6. The number of carbonyl (C=O) groups excluding carboxylic acids is 1. The maximum Gasteiger partial charge on any atom is 0.221 e. The van der Waals surface area contributed by atoms with E-state index in [1.54, 1.807) is 6.20 Å². The first-order chi connectivity index (χ1) is 12.2. The van der Waals surface area contributed by atoms with E-state index >= 15 is 0 Å². The van der Waals surface area contributed by atoms with Crippen molar-refractivity contribution in [3.63, 3.8) is 0 Å². The first-order valence-electron chi connectivity index (χ1n) is 9.05. The number of carbonyl (C=O) groups is 1. The fourth-order valence-electron chi connectivity index (χ4n) is 3.02. The predicted molar refractivity (Wildman–Crippen MR) is 92.1 cm³/mol. The number of pyridine rings is 1. The Morgan fingerprint density at radius 3 is 3.08 bits per heavy atom. The average Bonchev–Trinajstić information content (AvgIpc) is 2.64. The zero-order valence-electron chi connectivity index (χ0n) is 14.8. The SMILES string of the molecule is Cc1ccc(O[C@H]2CCOC[C@H]2NC(=O)CCN2CCCCO2)cn1. The molecule has 2 aliphatic heterocycles. The fourth-order valence-corrected chi connectivity index (χ4v) is 3.02. The zero-order valence-corrected chi connectivity index (χ0v) is 14.8. The minimum atomic E-state index is -0.148. The molecule has 0 bridgehead atoms. The summed E-state index contributed by atoms with van der Waals surface area (Å²) in [7, 11) is 0. The summed E-state index contributed by atoms with van der Waals surface area (Å²) in [6.07, 6.45) is 4.99. The highest BCUT2D eigenvalue weighted by Gasteiger charge is 2.29. The topological polar surface area (TPSA) is 72.9 Å². The second-order valence-corrected chi connectivity index (χ2v) is 6.55. The maximum atomic E-state index is 12.3. The monoisotopic (exact) mass is 349 g/mol. The Kier molecular flexibility index (Phi) is 6.61. The van der Waals surface area contributed by atoms with Crippen LogP contribution in [0.25, 0.3) is 0 Å². The summed E-state index contributed by atoms with van der Waals surface area (Å²) in [5.74, 6) is 0.721. The molecule has 2 atom stereocenters. The molecule has 1 aromatic rings. The summed E-state index contributed by atoms with van der Waals surface area (Å²) in [6.45, 7) is 5.30. The number of rotatable bonds is 6. The third-order valence-electron chi connectivity index (χ3n) is 4.47. The number of nitrogens with one attached hydrogen (secondary N) is 1. The Balaban J connectivity index is 1.48. The van der Waals surface area contributed by atoms with Gasteiger partial charge in [0, 0.05) is 31.6 Å². The van der Waals surface area contributed by atoms with E-state index in [1.165, 1.54) is 0 Å². The van der Waals surface area contributed by atoms with Crippen molar-refractivity contribution in [2.24, 2.45) is 0 Å². The number of hydroxylamine groups is 2. The third-order valence-corrected chi connectivity index (χ3v) is 4.47. The summed E-state index contributed by atoms with van der Waals surface area (Å²) in [5.41, 5.74) is 0.948. The van der Waals surface area contributed by atoms with E-state index in [0.717, 1.165) is 43.9 Å². The van der Waals surface area contributed by atoms with E-state index in [-0.39, 0.29) is 18.1 Å². The molecule has 1 amide bonds. The highest BCUT2D eigenvalue weighted by molar-refractivity contribution is 5.76. The molecule has 0 aliphatic carbocycles. The van der Waals surface area contributed by atoms with Gasteiger partial charge in [0.1, 0.15) is 11.9 Å². The van der Waals surface area contributed by atoms with E-state index in [2.05, 4.69) is 10.3 Å². The number of aryl methyl sites for hydroxylation is 1. The van der Waals surface area contributed by atoms with Crippen molar-refractivity contribution in [3.8, 4) is 5.75 Å². The van der Waals surface area contributed by atoms with Gasteiger partial charge in [-0.3, -0.25) is 14.6 Å². The van der Waals surface area contributed by atoms with Gasteiger partial charge in [-0.15, -0.1) is 0 Å². The molecule has 0 spiro atoms. The van der Waals surface area contributed by atoms with Crippen LogP contribution in [0.3, 0.4) is 0 Å². The van der Waals surface area contributed by atoms with Gasteiger partial charge in [0.25, 0.3) is 0 Å². The number of aromatic nitrogens is 1. The molecule has 0 radical (unpaired) electrons. The molecule has 25 heavy (non-hydrogen) atoms. The number of ether oxygens (including phenoxy) is 2. The van der Waals surface area contributed by atoms with Crippen LogP contribution in [0.4, 0.5) is 0 Å². The van der Waals surface area contributed by atoms with Gasteiger partial charge < -0.3 is 14.8 Å². The second kappa shape index (κ2) is 9.12. The van der Waals surface area contributed by atoms with Crippen LogP contribution >= 0.6 is 0 Å². The van der Waals surface area contributed by atoms with Crippen LogP contribution in [0.1, 0.15) is 31.4 Å². The fraction of sp³-hybridized carbons (Fsp3) is 0.667. The predicted octanol–water partition coefficient (Wildman–Crippen LogP) is 1.46. The van der Waals surface area contributed by atoms with E-state index < -0.39 is 0 Å². The van der Waals surface area contributed by atoms with E-state index in [9.17, 15) is 4.79 Å². The van der Waals surface area contributed by atoms with Crippen molar-refractivity contribution >= 4 is 5.91 Å². The molecule has 0 aromatic carbocycles. The molecule has 0 unspecified atom stereocenters. The molecule has 138 valence electrons. The molecule has 2 aliphatic rings. The van der Waals surface area contributed by atoms with Crippen LogP contribution in [0.5, 0.6) is 5.75 Å². The van der Waals surface area contributed by atoms with Crippen LogP contribution in [-0.2, 0) is 14.4 Å². The molecule has 2 fully saturated rings. The summed E-state index contributed by atoms with van der Waals surface area (Å²) in [4.78, 5) is 22.1. The van der Waals surface area contributed by atoms with Gasteiger partial charge in [-0.25, -0.2) is 0 Å². The first-order valence-corrected chi connectivity index (χ1v) is 9.05. The Bertz CT molecular complexity index is 546. The molecule has 1 aromatic heterocycles. The lowest BCUT2D eigenvalue weighted by Crippen LogP contribution is -2.52. The van der Waals surface area contributed by atoms with Gasteiger partial charge in [0.15, 0.2) is 0 Å². The Morgan fingerprint density at radius 2 is 2.32 bits per heavy atom. The summed E-state index contributed by atoms with van der Waals surface area (Å²) in [6, 6.07) is 3.68. The second-order valence-electron chi connectivity index (χ2n) is 6.55. The molecular formula is C18H27N3O4. The Morgan fingerprint density at radius 1 is 1.40 bits per heavy atom. The van der Waals surface area contributed by atoms with Gasteiger partial charge in [0.2, 0.25) is 5.91 Å². The van der Waals surface area contributed by atoms with Crippen molar-refractivity contribution in [1.29, 1.82) is 0 Å². The van der Waals surface area contributed by atoms with Crippen molar-refractivity contribution in [1.82, 2.24) is 15.4 Å². The highest BCUT2D eigenvalue weighted by Crippen LogP contribution is 2.18. The molecule has 2 saturated heterocycles. The molecule has 3 heterocycles. The number of nitrogens with zero attached hydrogens (tertiary/aromatic N) is 2. The largest absolute Gasteiger partial charge is 0.486 e. The van der Waals surface area contributed by atoms with Crippen molar-refractivity contribution in [2.75, 3.05) is 32.9 Å². The number of hydrogen-bond donors (Lipinski definition) is 1. The van der Waals surface area contributed by atoms with Crippen LogP contribution in [0.2, 0.25) is 0 Å². The van der Waals surface area contributed by atoms with Crippen molar-refractivity contribution < 1.29 is 19.1 Å². The quantitative estimate of drug-likeness (QED) is 0.838. The Hall–Kier alpha value is -1.70. The van der Waals surface area contributed by atoms with Crippen LogP contribution in [-0.4, -0.2) is 61.0 Å². The van der Waals surface area contributed by atoms with Gasteiger partial charge in [-0.05, 0) is 31.9 Å². The molecule has 7 nitrogen and oxygen atoms in total. The molecule has 0 saturated carbocycles. The molecule has 3 rings (SSSR count). The Labute approximate surface area is 148 Å². The molecule has 1 N–H and O–H groups in total. The lowest BCUT2D eigenvalue weighted by molar-refractivity contribution is -0.181. The van der Waals surface area contributed by atoms with Crippen LogP contribution < -0.4 is 10.1 Å². The van der Waals surface area contributed by atoms with E-state index in [1.807, 2.05) is 24.1 Å². The van der Waals surface area contributed by atoms with Gasteiger partial charge in [-0.2, -0.15) is 5.06 Å². The van der Waals surface area contributed by atoms with E-state index in [4.69, 9.17) is 14.3 Å². The minimum absolute atomic E-state index is 0.000282. The lowest BCUT2D eigenvalue weighted by atomic mass is 10.1. The van der Waals surface area contributed by atoms with Crippen molar-refractivity contribution in [3.05, 3.63) is 24.0 Å². The van der Waals surface area contributed by atoms with Gasteiger partial charge in [0.05, 0.1) is 32.1 Å². The number of amides is 1. The third kappa shape index (κ3) is 5.66. The summed E-state index contributed by atoms with van der Waals surface area (Å²) < 4.78 is 11.5. The first kappa shape index (κ1) is 18.1. The van der Waals surface area contributed by atoms with Crippen LogP contribution in [0, 0.1) is 6.92 Å². The molecular weight excluding hydrogens is 322 g/mol. The van der Waals surface area contributed by atoms with Crippen molar-refractivity contribution in [2.45, 2.75) is 44.8 Å². The maximum absolute atomic E-state index is 12.3. The average molecular weight is 349 g/mol. The van der Waals surface area contributed by atoms with Gasteiger partial charge >= 0.3 is 0 Å². The van der Waals surface area contributed by atoms with E-state index in [0.29, 0.717) is 26.2 Å². The molecule has 7 heteroatoms. The summed E-state index contributed by atoms with van der Waals surface area (Å²) >= 11 is 0. The highest BCUT2D eigenvalue weighted by atomic mass is 16.7. The smallest absolute Gasteiger partial charge is 0.221 e. The summed E-state index contributed by atoms with van der Waals surface area (Å²) in [5, 5.41) is 4.93. The minimum Gasteiger partial charge on any atom is -0.486 e. The normalized spacial score (nSPS) is 24.7. The standard InChI is InChI=1S/C18H27N3O4/c1-14-4-5-15(12-19-14)25-17-7-11-23-13-16(17)20-18(22)6-9-21-8-2-3-10-24-21/h4-5,12,16-17H,2-3,6-11,13H2,1H3,(H,20,22)/t16-,17+/m1/s1. The van der Waals surface area contributed by atoms with Crippen LogP contribution in [0.15, 0.2) is 18.3 Å². The lowest BCUT2D eigenvalue weighted by Gasteiger charge is -2.32. The zero-order chi connectivity index (χ0) is 17.5.